The third-order valence-corrected chi connectivity index (χ3v) is 2.51. The minimum atomic E-state index is -0.680. The molecule has 0 aliphatic carbocycles. The predicted octanol–water partition coefficient (Wildman–Crippen LogP) is 1.33. The zero-order valence-corrected chi connectivity index (χ0v) is 12.3. The first-order valence-corrected chi connectivity index (χ1v) is 6.61. The third kappa shape index (κ3) is 4.94. The molecule has 0 saturated heterocycles. The maximum Gasteiger partial charge on any atom is 0.490 e. The molecule has 8 heteroatoms. The van der Waals surface area contributed by atoms with Crippen LogP contribution >= 0.6 is 0 Å². The zero-order valence-electron chi connectivity index (χ0n) is 12.3. The number of hydrogen-bond donors (Lipinski definition) is 0. The number of nitro groups is 1. The molecule has 0 saturated carbocycles. The van der Waals surface area contributed by atoms with Crippen molar-refractivity contribution in [2.45, 2.75) is 34.2 Å². The Kier molecular flexibility index (Phi) is 5.60. The molecule has 1 aromatic rings. The van der Waals surface area contributed by atoms with Gasteiger partial charge in [-0.25, -0.2) is 0 Å². The average Bonchev–Trinajstić information content (AvgIpc) is 2.75. The Balaban J connectivity index is 2.70. The fraction of sp³-hybridized carbons (Fsp3) is 0.750. The van der Waals surface area contributed by atoms with Crippen molar-refractivity contribution in [3.8, 4) is 0 Å². The first-order valence-electron chi connectivity index (χ1n) is 6.61. The largest absolute Gasteiger partial charge is 0.490 e. The highest BCUT2D eigenvalue weighted by molar-refractivity contribution is 5.75. The lowest BCUT2D eigenvalue weighted by Gasteiger charge is -2.26. The lowest BCUT2D eigenvalue weighted by molar-refractivity contribution is -0.394. The summed E-state index contributed by atoms with van der Waals surface area (Å²) in [5, 5.41) is 14.1. The van der Waals surface area contributed by atoms with Crippen molar-refractivity contribution in [1.82, 2.24) is 19.7 Å². The Morgan fingerprint density at radius 2 is 1.90 bits per heavy atom. The molecular formula is C12H21N5O3. The zero-order chi connectivity index (χ0) is 15.3. The van der Waals surface area contributed by atoms with Gasteiger partial charge >= 0.3 is 5.95 Å². The summed E-state index contributed by atoms with van der Waals surface area (Å²) in [7, 11) is 0. The van der Waals surface area contributed by atoms with Crippen molar-refractivity contribution in [3.63, 3.8) is 0 Å². The first kappa shape index (κ1) is 16.1. The number of carbonyl (C=O) groups is 1. The Morgan fingerprint density at radius 1 is 1.35 bits per heavy atom. The van der Waals surface area contributed by atoms with Crippen molar-refractivity contribution < 1.29 is 9.72 Å². The van der Waals surface area contributed by atoms with Gasteiger partial charge in [-0.2, -0.15) is 4.68 Å². The maximum atomic E-state index is 12.2. The fourth-order valence-corrected chi connectivity index (χ4v) is 1.84. The van der Waals surface area contributed by atoms with Gasteiger partial charge in [0.1, 0.15) is 6.54 Å². The van der Waals surface area contributed by atoms with E-state index < -0.39 is 10.9 Å². The molecule has 1 heterocycles. The third-order valence-electron chi connectivity index (χ3n) is 2.51. The summed E-state index contributed by atoms with van der Waals surface area (Å²) >= 11 is 0. The summed E-state index contributed by atoms with van der Waals surface area (Å²) in [6, 6.07) is 0. The number of amides is 1. The molecule has 0 atom stereocenters. The van der Waals surface area contributed by atoms with E-state index in [1.54, 1.807) is 4.90 Å². The second-order valence-electron chi connectivity index (χ2n) is 5.59. The quantitative estimate of drug-likeness (QED) is 0.555. The molecular weight excluding hydrogens is 262 g/mol. The van der Waals surface area contributed by atoms with Crippen molar-refractivity contribution in [2.24, 2.45) is 11.8 Å². The van der Waals surface area contributed by atoms with Gasteiger partial charge in [0, 0.05) is 18.2 Å². The monoisotopic (exact) mass is 283 g/mol. The molecule has 1 aromatic heterocycles. The molecule has 0 fully saturated rings. The first-order chi connectivity index (χ1) is 9.29. The predicted molar refractivity (Wildman–Crippen MR) is 72.9 cm³/mol. The van der Waals surface area contributed by atoms with Crippen molar-refractivity contribution in [2.75, 3.05) is 13.1 Å². The van der Waals surface area contributed by atoms with Crippen molar-refractivity contribution in [1.29, 1.82) is 0 Å². The highest BCUT2D eigenvalue weighted by Gasteiger charge is 2.20. The van der Waals surface area contributed by atoms with Crippen molar-refractivity contribution >= 4 is 11.9 Å². The van der Waals surface area contributed by atoms with Gasteiger partial charge in [0.05, 0.1) is 0 Å². The second kappa shape index (κ2) is 6.97. The average molecular weight is 283 g/mol. The fourth-order valence-electron chi connectivity index (χ4n) is 1.84. The molecule has 0 N–H and O–H groups in total. The van der Waals surface area contributed by atoms with Crippen LogP contribution < -0.4 is 0 Å². The summed E-state index contributed by atoms with van der Waals surface area (Å²) < 4.78 is 1.20. The number of carbonyl (C=O) groups excluding carboxylic acids is 1. The number of nitrogens with zero attached hydrogens (tertiary/aromatic N) is 5. The Labute approximate surface area is 117 Å². The molecule has 0 radical (unpaired) electrons. The van der Waals surface area contributed by atoms with E-state index in [0.29, 0.717) is 24.9 Å². The molecule has 20 heavy (non-hydrogen) atoms. The van der Waals surface area contributed by atoms with E-state index in [1.165, 1.54) is 11.0 Å². The number of aromatic nitrogens is 3. The molecule has 0 spiro atoms. The van der Waals surface area contributed by atoms with Crippen LogP contribution in [0.2, 0.25) is 0 Å². The molecule has 0 aromatic carbocycles. The van der Waals surface area contributed by atoms with Crippen LogP contribution in [0.25, 0.3) is 0 Å². The molecule has 1 amide bonds. The van der Waals surface area contributed by atoms with Gasteiger partial charge in [0.25, 0.3) is 0 Å². The molecule has 0 bridgehead atoms. The molecule has 112 valence electrons. The smallest absolute Gasteiger partial charge is 0.390 e. The summed E-state index contributed by atoms with van der Waals surface area (Å²) in [5.41, 5.74) is 0. The van der Waals surface area contributed by atoms with Gasteiger partial charge in [0.2, 0.25) is 12.2 Å². The van der Waals surface area contributed by atoms with Crippen LogP contribution in [0.5, 0.6) is 0 Å². The number of hydrogen-bond acceptors (Lipinski definition) is 5. The van der Waals surface area contributed by atoms with Crippen LogP contribution in [-0.4, -0.2) is 43.6 Å². The van der Waals surface area contributed by atoms with Gasteiger partial charge in [-0.15, -0.1) is 0 Å². The molecule has 1 rings (SSSR count). The second-order valence-corrected chi connectivity index (χ2v) is 5.59. The van der Waals surface area contributed by atoms with E-state index >= 15 is 0 Å². The van der Waals surface area contributed by atoms with Crippen LogP contribution in [0.4, 0.5) is 5.95 Å². The van der Waals surface area contributed by atoms with Crippen LogP contribution in [0.15, 0.2) is 6.33 Å². The minimum absolute atomic E-state index is 0.0275. The van der Waals surface area contributed by atoms with Gasteiger partial charge in [-0.05, 0) is 16.8 Å². The van der Waals surface area contributed by atoms with E-state index in [1.807, 2.05) is 27.7 Å². The SMILES string of the molecule is CC(C)CN(CC(C)C)C(=O)Cn1cnc([N+](=O)[O-])n1. The highest BCUT2D eigenvalue weighted by atomic mass is 16.6. The van der Waals surface area contributed by atoms with Gasteiger partial charge in [0.15, 0.2) is 0 Å². The van der Waals surface area contributed by atoms with E-state index in [2.05, 4.69) is 10.1 Å². The molecule has 0 aliphatic heterocycles. The Bertz CT molecular complexity index is 459. The normalized spacial score (nSPS) is 11.1. The summed E-state index contributed by atoms with van der Waals surface area (Å²) in [4.78, 5) is 27.3. The Morgan fingerprint density at radius 3 is 2.30 bits per heavy atom. The summed E-state index contributed by atoms with van der Waals surface area (Å²) in [6.07, 6.45) is 1.21. The lowest BCUT2D eigenvalue weighted by atomic mass is 10.1. The van der Waals surface area contributed by atoms with E-state index in [0.717, 1.165) is 0 Å². The van der Waals surface area contributed by atoms with Gasteiger partial charge in [-0.3, -0.25) is 4.79 Å². The topological polar surface area (TPSA) is 94.2 Å². The molecule has 8 nitrogen and oxygen atoms in total. The summed E-state index contributed by atoms with van der Waals surface area (Å²) in [6.45, 7) is 9.46. The number of rotatable bonds is 7. The van der Waals surface area contributed by atoms with Crippen LogP contribution in [0, 0.1) is 22.0 Å². The van der Waals surface area contributed by atoms with Crippen molar-refractivity contribution in [3.05, 3.63) is 16.4 Å². The minimum Gasteiger partial charge on any atom is -0.390 e. The maximum absolute atomic E-state index is 12.2. The lowest BCUT2D eigenvalue weighted by Crippen LogP contribution is -2.39. The standard InChI is InChI=1S/C12H21N5O3/c1-9(2)5-15(6-10(3)4)11(18)7-16-8-13-12(14-16)17(19)20/h8-10H,5-7H2,1-4H3. The highest BCUT2D eigenvalue weighted by Crippen LogP contribution is 2.06. The Hall–Kier alpha value is -1.99. The molecule has 0 unspecified atom stereocenters. The van der Waals surface area contributed by atoms with E-state index in [-0.39, 0.29) is 12.5 Å². The molecule has 0 aliphatic rings. The summed E-state index contributed by atoms with van der Waals surface area (Å²) in [5.74, 6) is 0.134. The van der Waals surface area contributed by atoms with Gasteiger partial charge < -0.3 is 15.0 Å². The van der Waals surface area contributed by atoms with E-state index in [9.17, 15) is 14.9 Å². The van der Waals surface area contributed by atoms with Crippen LogP contribution in [0.1, 0.15) is 27.7 Å². The van der Waals surface area contributed by atoms with Crippen LogP contribution in [0.3, 0.4) is 0 Å². The van der Waals surface area contributed by atoms with E-state index in [4.69, 9.17) is 0 Å². The van der Waals surface area contributed by atoms with Gasteiger partial charge in [-0.1, -0.05) is 32.7 Å². The van der Waals surface area contributed by atoms with Crippen LogP contribution in [-0.2, 0) is 11.3 Å².